The van der Waals surface area contributed by atoms with Gasteiger partial charge in [-0.25, -0.2) is 0 Å². The van der Waals surface area contributed by atoms with Gasteiger partial charge in [0.2, 0.25) is 5.91 Å². The highest BCUT2D eigenvalue weighted by atomic mass is 16.2. The SMILES string of the molecule is O=C(c1cc(C2CCCCC2)[nH]n1)N1CC2(C1)CN(C(=O)C1CC1)C2. The number of hydrogen-bond donors (Lipinski definition) is 1. The Labute approximate surface area is 147 Å². The number of H-pyrrole nitrogens is 1. The van der Waals surface area contributed by atoms with Crippen LogP contribution in [0.25, 0.3) is 0 Å². The predicted octanol–water partition coefficient (Wildman–Crippen LogP) is 2.15. The van der Waals surface area contributed by atoms with Gasteiger partial charge in [-0.1, -0.05) is 19.3 Å². The third-order valence-electron chi connectivity index (χ3n) is 6.49. The molecule has 4 aliphatic rings. The average molecular weight is 342 g/mol. The third kappa shape index (κ3) is 2.66. The zero-order valence-corrected chi connectivity index (χ0v) is 14.7. The van der Waals surface area contributed by atoms with Crippen molar-refractivity contribution < 1.29 is 9.59 Å². The van der Waals surface area contributed by atoms with E-state index in [0.29, 0.717) is 23.4 Å². The summed E-state index contributed by atoms with van der Waals surface area (Å²) in [7, 11) is 0. The van der Waals surface area contributed by atoms with Crippen LogP contribution >= 0.6 is 0 Å². The average Bonchev–Trinajstić information content (AvgIpc) is 3.29. The Balaban J connectivity index is 1.15. The summed E-state index contributed by atoms with van der Waals surface area (Å²) in [6.45, 7) is 3.21. The van der Waals surface area contributed by atoms with Crippen molar-refractivity contribution >= 4 is 11.8 Å². The molecule has 1 N–H and O–H groups in total. The minimum Gasteiger partial charge on any atom is -0.341 e. The number of carbonyl (C=O) groups is 2. The highest BCUT2D eigenvalue weighted by molar-refractivity contribution is 5.93. The van der Waals surface area contributed by atoms with E-state index in [4.69, 9.17) is 0 Å². The van der Waals surface area contributed by atoms with Crippen molar-refractivity contribution in [3.8, 4) is 0 Å². The normalized spacial score (nSPS) is 25.6. The highest BCUT2D eigenvalue weighted by Crippen LogP contribution is 2.43. The van der Waals surface area contributed by atoms with Crippen LogP contribution in [0.5, 0.6) is 0 Å². The smallest absolute Gasteiger partial charge is 0.274 e. The Morgan fingerprint density at radius 2 is 1.68 bits per heavy atom. The predicted molar refractivity (Wildman–Crippen MR) is 92.1 cm³/mol. The molecule has 1 aromatic heterocycles. The van der Waals surface area contributed by atoms with Gasteiger partial charge in [-0.3, -0.25) is 14.7 Å². The van der Waals surface area contributed by atoms with Gasteiger partial charge >= 0.3 is 0 Å². The van der Waals surface area contributed by atoms with Crippen molar-refractivity contribution in [1.82, 2.24) is 20.0 Å². The lowest BCUT2D eigenvalue weighted by molar-refractivity contribution is -0.155. The van der Waals surface area contributed by atoms with Gasteiger partial charge < -0.3 is 9.80 Å². The minimum atomic E-state index is 0.0379. The Hall–Kier alpha value is -1.85. The van der Waals surface area contributed by atoms with Gasteiger partial charge in [-0.05, 0) is 31.7 Å². The van der Waals surface area contributed by atoms with E-state index in [0.717, 1.165) is 44.7 Å². The van der Waals surface area contributed by atoms with Crippen molar-refractivity contribution in [3.05, 3.63) is 17.5 Å². The fraction of sp³-hybridized carbons (Fsp3) is 0.737. The molecule has 6 heteroatoms. The molecule has 0 bridgehead atoms. The van der Waals surface area contributed by atoms with Gasteiger partial charge in [-0.15, -0.1) is 0 Å². The Morgan fingerprint density at radius 3 is 2.36 bits per heavy atom. The van der Waals surface area contributed by atoms with Crippen LogP contribution in [-0.4, -0.2) is 58.0 Å². The van der Waals surface area contributed by atoms with Crippen LogP contribution in [-0.2, 0) is 4.79 Å². The van der Waals surface area contributed by atoms with Crippen molar-refractivity contribution in [3.63, 3.8) is 0 Å². The molecule has 2 aliphatic carbocycles. The monoisotopic (exact) mass is 342 g/mol. The summed E-state index contributed by atoms with van der Waals surface area (Å²) >= 11 is 0. The molecule has 0 aromatic carbocycles. The lowest BCUT2D eigenvalue weighted by atomic mass is 9.72. The first-order valence-corrected chi connectivity index (χ1v) is 9.77. The van der Waals surface area contributed by atoms with Gasteiger partial charge in [0.1, 0.15) is 5.69 Å². The summed E-state index contributed by atoms with van der Waals surface area (Å²) in [5.74, 6) is 1.22. The standard InChI is InChI=1S/C19H26N4O2/c24-17(14-6-7-14)22-9-19(10-22)11-23(12-19)18(25)16-8-15(20-21-16)13-4-2-1-3-5-13/h8,13-14H,1-7,9-12H2,(H,20,21). The first-order chi connectivity index (χ1) is 12.1. The summed E-state index contributed by atoms with van der Waals surface area (Å²) < 4.78 is 0. The molecular formula is C19H26N4O2. The Bertz CT molecular complexity index is 688. The van der Waals surface area contributed by atoms with E-state index < -0.39 is 0 Å². The first kappa shape index (κ1) is 15.4. The van der Waals surface area contributed by atoms with Crippen LogP contribution in [0, 0.1) is 11.3 Å². The molecule has 5 rings (SSSR count). The second kappa shape index (κ2) is 5.58. The van der Waals surface area contributed by atoms with Crippen molar-refractivity contribution in [2.45, 2.75) is 50.9 Å². The topological polar surface area (TPSA) is 69.3 Å². The van der Waals surface area contributed by atoms with Crippen molar-refractivity contribution in [1.29, 1.82) is 0 Å². The van der Waals surface area contributed by atoms with E-state index in [2.05, 4.69) is 10.2 Å². The van der Waals surface area contributed by atoms with Crippen LogP contribution in [0.2, 0.25) is 0 Å². The molecule has 2 saturated heterocycles. The summed E-state index contributed by atoms with van der Waals surface area (Å²) in [5.41, 5.74) is 1.85. The second-order valence-electron chi connectivity index (χ2n) is 8.67. The lowest BCUT2D eigenvalue weighted by Gasteiger charge is -2.60. The number of hydrogen-bond acceptors (Lipinski definition) is 3. The summed E-state index contributed by atoms with van der Waals surface area (Å²) in [6, 6.07) is 1.97. The largest absolute Gasteiger partial charge is 0.341 e. The number of likely N-dealkylation sites (tertiary alicyclic amines) is 2. The Kier molecular flexibility index (Phi) is 3.44. The van der Waals surface area contributed by atoms with Gasteiger partial charge in [0.05, 0.1) is 0 Å². The number of rotatable bonds is 3. The minimum absolute atomic E-state index is 0.0379. The fourth-order valence-electron chi connectivity index (χ4n) is 4.85. The zero-order valence-electron chi connectivity index (χ0n) is 14.7. The maximum absolute atomic E-state index is 12.6. The lowest BCUT2D eigenvalue weighted by Crippen LogP contribution is -2.73. The van der Waals surface area contributed by atoms with E-state index >= 15 is 0 Å². The maximum Gasteiger partial charge on any atom is 0.274 e. The van der Waals surface area contributed by atoms with E-state index in [1.54, 1.807) is 0 Å². The van der Waals surface area contributed by atoms with Crippen LogP contribution in [0.1, 0.15) is 67.0 Å². The van der Waals surface area contributed by atoms with Crippen molar-refractivity contribution in [2.24, 2.45) is 11.3 Å². The number of aromatic nitrogens is 2. The molecular weight excluding hydrogens is 316 g/mol. The van der Waals surface area contributed by atoms with Crippen molar-refractivity contribution in [2.75, 3.05) is 26.2 Å². The van der Waals surface area contributed by atoms with Crippen LogP contribution in [0.3, 0.4) is 0 Å². The van der Waals surface area contributed by atoms with Crippen LogP contribution in [0.4, 0.5) is 0 Å². The van der Waals surface area contributed by atoms with E-state index in [-0.39, 0.29) is 11.3 Å². The molecule has 25 heavy (non-hydrogen) atoms. The summed E-state index contributed by atoms with van der Waals surface area (Å²) in [4.78, 5) is 28.6. The van der Waals surface area contributed by atoms with E-state index in [1.807, 2.05) is 15.9 Å². The number of nitrogens with one attached hydrogen (secondary N) is 1. The Morgan fingerprint density at radius 1 is 1.00 bits per heavy atom. The molecule has 2 amide bonds. The van der Waals surface area contributed by atoms with E-state index in [1.165, 1.54) is 32.1 Å². The van der Waals surface area contributed by atoms with Gasteiger partial charge in [0, 0.05) is 49.1 Å². The molecule has 134 valence electrons. The fourth-order valence-corrected chi connectivity index (χ4v) is 4.85. The van der Waals surface area contributed by atoms with Crippen LogP contribution in [0.15, 0.2) is 6.07 Å². The molecule has 1 aromatic rings. The molecule has 4 fully saturated rings. The summed E-state index contributed by atoms with van der Waals surface area (Å²) in [5, 5.41) is 7.38. The highest BCUT2D eigenvalue weighted by Gasteiger charge is 2.55. The molecule has 2 saturated carbocycles. The number of amides is 2. The van der Waals surface area contributed by atoms with Gasteiger partial charge in [-0.2, -0.15) is 5.10 Å². The van der Waals surface area contributed by atoms with Crippen LogP contribution < -0.4 is 0 Å². The van der Waals surface area contributed by atoms with Gasteiger partial charge in [0.15, 0.2) is 0 Å². The number of nitrogens with zero attached hydrogens (tertiary/aromatic N) is 3. The number of carbonyl (C=O) groups excluding carboxylic acids is 2. The third-order valence-corrected chi connectivity index (χ3v) is 6.49. The van der Waals surface area contributed by atoms with Gasteiger partial charge in [0.25, 0.3) is 5.91 Å². The first-order valence-electron chi connectivity index (χ1n) is 9.77. The molecule has 0 radical (unpaired) electrons. The molecule has 0 atom stereocenters. The molecule has 0 unspecified atom stereocenters. The maximum atomic E-state index is 12.6. The number of aromatic amines is 1. The molecule has 6 nitrogen and oxygen atoms in total. The molecule has 2 aliphatic heterocycles. The van der Waals surface area contributed by atoms with E-state index in [9.17, 15) is 9.59 Å². The summed E-state index contributed by atoms with van der Waals surface area (Å²) in [6.07, 6.45) is 8.41. The second-order valence-corrected chi connectivity index (χ2v) is 8.67. The zero-order chi connectivity index (χ0) is 17.0. The quantitative estimate of drug-likeness (QED) is 0.915. The molecule has 3 heterocycles. The molecule has 1 spiro atoms.